The van der Waals surface area contributed by atoms with Gasteiger partial charge in [0.1, 0.15) is 5.82 Å². The van der Waals surface area contributed by atoms with E-state index in [4.69, 9.17) is 16.7 Å². The summed E-state index contributed by atoms with van der Waals surface area (Å²) in [4.78, 5) is 13.2. The first-order chi connectivity index (χ1) is 12.0. The van der Waals surface area contributed by atoms with Crippen LogP contribution in [0.2, 0.25) is 5.02 Å². The summed E-state index contributed by atoms with van der Waals surface area (Å²) >= 11 is 6.04. The lowest BCUT2D eigenvalue weighted by molar-refractivity contribution is -0.139. The molecule has 3 rings (SSSR count). The third kappa shape index (κ3) is 5.40. The van der Waals surface area contributed by atoms with Crippen LogP contribution in [0.3, 0.4) is 0 Å². The van der Waals surface area contributed by atoms with Crippen LogP contribution in [0.25, 0.3) is 0 Å². The van der Waals surface area contributed by atoms with E-state index in [0.29, 0.717) is 35.0 Å². The highest BCUT2D eigenvalue weighted by Crippen LogP contribution is 2.33. The second kappa shape index (κ2) is 8.47. The second-order valence-electron chi connectivity index (χ2n) is 7.35. The standard InChI is InChI=1S/C19H26ClFN2O2/c20-17-4-1-5-18(21)16(17)3-2-8-22-14-9-15(10-14)23(12-19(24)25)11-13-6-7-13/h1,4-5,13-15,22H,2-3,6-12H2,(H,24,25). The molecule has 0 bridgehead atoms. The summed E-state index contributed by atoms with van der Waals surface area (Å²) in [6, 6.07) is 5.62. The molecular formula is C19H26ClFN2O2. The van der Waals surface area contributed by atoms with Gasteiger partial charge in [-0.2, -0.15) is 0 Å². The van der Waals surface area contributed by atoms with E-state index in [-0.39, 0.29) is 12.4 Å². The van der Waals surface area contributed by atoms with E-state index in [1.807, 2.05) is 0 Å². The summed E-state index contributed by atoms with van der Waals surface area (Å²) < 4.78 is 13.7. The average Bonchev–Trinajstić information content (AvgIpc) is 3.30. The van der Waals surface area contributed by atoms with Gasteiger partial charge in [-0.05, 0) is 63.1 Å². The normalized spacial score (nSPS) is 22.8. The van der Waals surface area contributed by atoms with Crippen LogP contribution in [-0.4, -0.2) is 47.7 Å². The van der Waals surface area contributed by atoms with Crippen molar-refractivity contribution in [3.8, 4) is 0 Å². The van der Waals surface area contributed by atoms with Crippen LogP contribution in [0.4, 0.5) is 4.39 Å². The molecule has 4 nitrogen and oxygen atoms in total. The first-order valence-electron chi connectivity index (χ1n) is 9.15. The van der Waals surface area contributed by atoms with Gasteiger partial charge in [-0.15, -0.1) is 0 Å². The number of benzene rings is 1. The fourth-order valence-electron chi connectivity index (χ4n) is 3.54. The maximum Gasteiger partial charge on any atom is 0.317 e. The largest absolute Gasteiger partial charge is 0.480 e. The van der Waals surface area contributed by atoms with Crippen LogP contribution < -0.4 is 5.32 Å². The van der Waals surface area contributed by atoms with Gasteiger partial charge in [-0.1, -0.05) is 17.7 Å². The van der Waals surface area contributed by atoms with Crippen molar-refractivity contribution in [3.05, 3.63) is 34.6 Å². The molecule has 25 heavy (non-hydrogen) atoms. The predicted molar refractivity (Wildman–Crippen MR) is 96.5 cm³/mol. The van der Waals surface area contributed by atoms with Crippen molar-refractivity contribution in [1.82, 2.24) is 10.2 Å². The number of aliphatic carboxylic acids is 1. The number of hydrogen-bond donors (Lipinski definition) is 2. The fourth-order valence-corrected chi connectivity index (χ4v) is 3.80. The zero-order chi connectivity index (χ0) is 17.8. The smallest absolute Gasteiger partial charge is 0.317 e. The number of halogens is 2. The number of carboxylic acid groups (broad SMARTS) is 1. The molecule has 2 N–H and O–H groups in total. The molecule has 0 amide bonds. The highest BCUT2D eigenvalue weighted by molar-refractivity contribution is 6.31. The van der Waals surface area contributed by atoms with Gasteiger partial charge in [-0.25, -0.2) is 4.39 Å². The molecule has 0 heterocycles. The summed E-state index contributed by atoms with van der Waals surface area (Å²) in [5.41, 5.74) is 0.592. The van der Waals surface area contributed by atoms with Crippen molar-refractivity contribution < 1.29 is 14.3 Å². The minimum absolute atomic E-state index is 0.152. The molecule has 0 saturated heterocycles. The van der Waals surface area contributed by atoms with E-state index in [9.17, 15) is 9.18 Å². The summed E-state index contributed by atoms with van der Waals surface area (Å²) in [6.45, 7) is 1.90. The molecule has 1 aromatic carbocycles. The number of nitrogens with zero attached hydrogens (tertiary/aromatic N) is 1. The molecule has 6 heteroatoms. The lowest BCUT2D eigenvalue weighted by Gasteiger charge is -2.43. The van der Waals surface area contributed by atoms with Crippen LogP contribution in [0, 0.1) is 11.7 Å². The number of carboxylic acids is 1. The van der Waals surface area contributed by atoms with E-state index in [0.717, 1.165) is 32.4 Å². The van der Waals surface area contributed by atoms with Gasteiger partial charge in [0.2, 0.25) is 0 Å². The summed E-state index contributed by atoms with van der Waals surface area (Å²) in [7, 11) is 0. The Morgan fingerprint density at radius 3 is 2.76 bits per heavy atom. The predicted octanol–water partition coefficient (Wildman–Crippen LogP) is 3.33. The topological polar surface area (TPSA) is 52.6 Å². The fraction of sp³-hybridized carbons (Fsp3) is 0.632. The van der Waals surface area contributed by atoms with E-state index < -0.39 is 5.97 Å². The molecule has 2 saturated carbocycles. The average molecular weight is 369 g/mol. The molecular weight excluding hydrogens is 343 g/mol. The third-order valence-corrected chi connectivity index (χ3v) is 5.61. The number of carbonyl (C=O) groups is 1. The van der Waals surface area contributed by atoms with Gasteiger partial charge in [0, 0.05) is 29.2 Å². The monoisotopic (exact) mass is 368 g/mol. The van der Waals surface area contributed by atoms with Gasteiger partial charge in [0.05, 0.1) is 6.54 Å². The Hall–Kier alpha value is -1.17. The van der Waals surface area contributed by atoms with E-state index in [2.05, 4.69) is 10.2 Å². The zero-order valence-electron chi connectivity index (χ0n) is 14.4. The Kier molecular flexibility index (Phi) is 6.31. The van der Waals surface area contributed by atoms with Crippen LogP contribution in [0.1, 0.15) is 37.7 Å². The van der Waals surface area contributed by atoms with Crippen molar-refractivity contribution in [2.45, 2.75) is 50.6 Å². The molecule has 0 aromatic heterocycles. The Morgan fingerprint density at radius 2 is 2.12 bits per heavy atom. The summed E-state index contributed by atoms with van der Waals surface area (Å²) in [6.07, 6.45) is 5.94. The highest BCUT2D eigenvalue weighted by atomic mass is 35.5. The van der Waals surface area contributed by atoms with E-state index in [1.54, 1.807) is 12.1 Å². The molecule has 2 aliphatic rings. The molecule has 0 radical (unpaired) electrons. The third-order valence-electron chi connectivity index (χ3n) is 5.26. The molecule has 0 aliphatic heterocycles. The van der Waals surface area contributed by atoms with Crippen LogP contribution in [0.15, 0.2) is 18.2 Å². The van der Waals surface area contributed by atoms with Crippen molar-refractivity contribution in [2.24, 2.45) is 5.92 Å². The number of hydrogen-bond acceptors (Lipinski definition) is 3. The van der Waals surface area contributed by atoms with Crippen LogP contribution >= 0.6 is 11.6 Å². The maximum atomic E-state index is 13.7. The van der Waals surface area contributed by atoms with Gasteiger partial charge in [0.25, 0.3) is 0 Å². The SMILES string of the molecule is O=C(O)CN(CC1CC1)C1CC(NCCCc2c(F)cccc2Cl)C1. The Morgan fingerprint density at radius 1 is 1.36 bits per heavy atom. The van der Waals surface area contributed by atoms with Gasteiger partial charge >= 0.3 is 5.97 Å². The Balaban J connectivity index is 1.35. The minimum atomic E-state index is -0.737. The van der Waals surface area contributed by atoms with Crippen molar-refractivity contribution in [2.75, 3.05) is 19.6 Å². The van der Waals surface area contributed by atoms with Gasteiger partial charge < -0.3 is 10.4 Å². The highest BCUT2D eigenvalue weighted by Gasteiger charge is 2.36. The van der Waals surface area contributed by atoms with Crippen molar-refractivity contribution in [1.29, 1.82) is 0 Å². The van der Waals surface area contributed by atoms with Crippen molar-refractivity contribution >= 4 is 17.6 Å². The minimum Gasteiger partial charge on any atom is -0.480 e. The van der Waals surface area contributed by atoms with E-state index >= 15 is 0 Å². The maximum absolute atomic E-state index is 13.7. The molecule has 0 atom stereocenters. The van der Waals surface area contributed by atoms with E-state index in [1.165, 1.54) is 18.9 Å². The first kappa shape index (κ1) is 18.6. The first-order valence-corrected chi connectivity index (χ1v) is 9.53. The molecule has 0 spiro atoms. The Labute approximate surface area is 153 Å². The zero-order valence-corrected chi connectivity index (χ0v) is 15.1. The summed E-state index contributed by atoms with van der Waals surface area (Å²) in [5, 5.41) is 13.1. The van der Waals surface area contributed by atoms with Gasteiger partial charge in [-0.3, -0.25) is 9.69 Å². The number of nitrogens with one attached hydrogen (secondary N) is 1. The van der Waals surface area contributed by atoms with Gasteiger partial charge in [0.15, 0.2) is 0 Å². The molecule has 0 unspecified atom stereocenters. The van der Waals surface area contributed by atoms with Crippen LogP contribution in [-0.2, 0) is 11.2 Å². The van der Waals surface area contributed by atoms with Crippen LogP contribution in [0.5, 0.6) is 0 Å². The quantitative estimate of drug-likeness (QED) is 0.622. The molecule has 2 fully saturated rings. The molecule has 1 aromatic rings. The number of rotatable bonds is 10. The summed E-state index contributed by atoms with van der Waals surface area (Å²) in [5.74, 6) is -0.267. The molecule has 2 aliphatic carbocycles. The molecule has 138 valence electrons. The van der Waals surface area contributed by atoms with Crippen molar-refractivity contribution in [3.63, 3.8) is 0 Å². The lowest BCUT2D eigenvalue weighted by Crippen LogP contribution is -2.54. The lowest BCUT2D eigenvalue weighted by atomic mass is 9.85. The second-order valence-corrected chi connectivity index (χ2v) is 7.75. The Bertz CT molecular complexity index is 583.